The number of aromatic carboxylic acids is 1. The lowest BCUT2D eigenvalue weighted by Gasteiger charge is -2.18. The molecule has 2 heterocycles. The van der Waals surface area contributed by atoms with E-state index in [1.807, 2.05) is 18.2 Å². The van der Waals surface area contributed by atoms with E-state index in [2.05, 4.69) is 5.10 Å². The van der Waals surface area contributed by atoms with Crippen molar-refractivity contribution in [2.24, 2.45) is 7.05 Å². The molecule has 3 rings (SSSR count). The molecule has 0 bridgehead atoms. The van der Waals surface area contributed by atoms with Gasteiger partial charge in [-0.15, -0.1) is 0 Å². The van der Waals surface area contributed by atoms with Gasteiger partial charge >= 0.3 is 5.97 Å². The Hall–Kier alpha value is -2.30. The second-order valence-corrected chi connectivity index (χ2v) is 5.01. The number of nitrogens with zero attached hydrogens (tertiary/aromatic N) is 2. The van der Waals surface area contributed by atoms with E-state index in [1.165, 1.54) is 0 Å². The third-order valence-corrected chi connectivity index (χ3v) is 3.62. The van der Waals surface area contributed by atoms with E-state index >= 15 is 0 Å². The molecule has 0 saturated heterocycles. The number of carbonyl (C=O) groups is 1. The molecule has 0 saturated carbocycles. The van der Waals surface area contributed by atoms with Gasteiger partial charge in [0.05, 0.1) is 18.0 Å². The minimum Gasteiger partial charge on any atom is -0.493 e. The van der Waals surface area contributed by atoms with Gasteiger partial charge in [0.1, 0.15) is 11.3 Å². The van der Waals surface area contributed by atoms with Gasteiger partial charge in [0, 0.05) is 12.6 Å². The summed E-state index contributed by atoms with van der Waals surface area (Å²) in [6.45, 7) is 2.46. The highest BCUT2D eigenvalue weighted by Crippen LogP contribution is 2.32. The molecule has 1 N–H and O–H groups in total. The molecule has 5 heteroatoms. The Kier molecular flexibility index (Phi) is 2.97. The fourth-order valence-corrected chi connectivity index (χ4v) is 2.75. The zero-order valence-electron chi connectivity index (χ0n) is 11.5. The molecule has 0 unspecified atom stereocenters. The fraction of sp³-hybridized carbons (Fsp3) is 0.333. The minimum atomic E-state index is -0.945. The maximum absolute atomic E-state index is 11.4. The quantitative estimate of drug-likeness (QED) is 0.911. The molecule has 0 atom stereocenters. The molecule has 2 aromatic rings. The summed E-state index contributed by atoms with van der Waals surface area (Å²) >= 11 is 0. The van der Waals surface area contributed by atoms with Crippen molar-refractivity contribution in [3.8, 4) is 17.0 Å². The van der Waals surface area contributed by atoms with Crippen LogP contribution in [0, 0.1) is 6.92 Å². The molecule has 5 nitrogen and oxygen atoms in total. The third kappa shape index (κ3) is 1.95. The van der Waals surface area contributed by atoms with E-state index in [4.69, 9.17) is 4.74 Å². The van der Waals surface area contributed by atoms with Crippen LogP contribution >= 0.6 is 0 Å². The first-order valence-corrected chi connectivity index (χ1v) is 6.61. The van der Waals surface area contributed by atoms with Gasteiger partial charge in [-0.05, 0) is 43.5 Å². The second-order valence-electron chi connectivity index (χ2n) is 5.01. The average Bonchev–Trinajstić information content (AvgIpc) is 2.73. The number of fused-ring (bicyclic) bond motifs is 1. The van der Waals surface area contributed by atoms with E-state index in [1.54, 1.807) is 18.7 Å². The highest BCUT2D eigenvalue weighted by atomic mass is 16.5. The first-order valence-electron chi connectivity index (χ1n) is 6.61. The topological polar surface area (TPSA) is 64.4 Å². The minimum absolute atomic E-state index is 0.268. The summed E-state index contributed by atoms with van der Waals surface area (Å²) in [4.78, 5) is 11.4. The molecule has 0 amide bonds. The van der Waals surface area contributed by atoms with Gasteiger partial charge < -0.3 is 9.84 Å². The number of carboxylic acids is 1. The average molecular weight is 272 g/mol. The zero-order chi connectivity index (χ0) is 14.3. The van der Waals surface area contributed by atoms with E-state index in [9.17, 15) is 9.90 Å². The normalized spacial score (nSPS) is 13.7. The first-order chi connectivity index (χ1) is 9.58. The number of benzene rings is 1. The van der Waals surface area contributed by atoms with Gasteiger partial charge in [-0.25, -0.2) is 4.79 Å². The molecular formula is C15H16N2O3. The van der Waals surface area contributed by atoms with Crippen molar-refractivity contribution < 1.29 is 14.6 Å². The molecule has 1 aliphatic rings. The number of hydrogen-bond acceptors (Lipinski definition) is 3. The third-order valence-electron chi connectivity index (χ3n) is 3.62. The molecule has 1 aromatic heterocycles. The Balaban J connectivity index is 2.16. The smallest absolute Gasteiger partial charge is 0.339 e. The Morgan fingerprint density at radius 2 is 2.25 bits per heavy atom. The summed E-state index contributed by atoms with van der Waals surface area (Å²) in [7, 11) is 1.77. The van der Waals surface area contributed by atoms with Crippen molar-refractivity contribution >= 4 is 5.97 Å². The van der Waals surface area contributed by atoms with Crippen LogP contribution in [0.25, 0.3) is 11.3 Å². The standard InChI is InChI=1S/C15H16N2O3/c1-9-13(15(18)19)14(17(2)16-9)11-5-6-12-10(8-11)4-3-7-20-12/h5-6,8H,3-4,7H2,1-2H3,(H,18,19). The van der Waals surface area contributed by atoms with Crippen LogP contribution < -0.4 is 4.74 Å². The summed E-state index contributed by atoms with van der Waals surface area (Å²) in [5.41, 5.74) is 3.44. The summed E-state index contributed by atoms with van der Waals surface area (Å²) in [6.07, 6.45) is 1.95. The Morgan fingerprint density at radius 1 is 1.45 bits per heavy atom. The van der Waals surface area contributed by atoms with Gasteiger partial charge in [-0.1, -0.05) is 0 Å². The summed E-state index contributed by atoms with van der Waals surface area (Å²) in [5.74, 6) is -0.0460. The predicted octanol–water partition coefficient (Wildman–Crippen LogP) is 2.42. The van der Waals surface area contributed by atoms with Crippen LogP contribution in [0.1, 0.15) is 28.0 Å². The summed E-state index contributed by atoms with van der Waals surface area (Å²) in [5, 5.41) is 13.6. The lowest BCUT2D eigenvalue weighted by molar-refractivity contribution is 0.0697. The maximum Gasteiger partial charge on any atom is 0.339 e. The van der Waals surface area contributed by atoms with Gasteiger partial charge in [-0.3, -0.25) is 4.68 Å². The highest BCUT2D eigenvalue weighted by Gasteiger charge is 2.22. The van der Waals surface area contributed by atoms with Crippen LogP contribution in [0.15, 0.2) is 18.2 Å². The van der Waals surface area contributed by atoms with Crippen molar-refractivity contribution in [3.63, 3.8) is 0 Å². The second kappa shape index (κ2) is 4.67. The molecule has 0 aliphatic carbocycles. The Morgan fingerprint density at radius 3 is 3.00 bits per heavy atom. The lowest BCUT2D eigenvalue weighted by Crippen LogP contribution is -2.08. The number of hydrogen-bond donors (Lipinski definition) is 1. The molecule has 1 aromatic carbocycles. The van der Waals surface area contributed by atoms with Crippen molar-refractivity contribution in [2.45, 2.75) is 19.8 Å². The van der Waals surface area contributed by atoms with E-state index in [0.717, 1.165) is 36.3 Å². The van der Waals surface area contributed by atoms with Gasteiger partial charge in [-0.2, -0.15) is 5.10 Å². The van der Waals surface area contributed by atoms with Crippen LogP contribution in [0.4, 0.5) is 0 Å². The molecule has 20 heavy (non-hydrogen) atoms. The summed E-state index contributed by atoms with van der Waals surface area (Å²) < 4.78 is 7.22. The fourth-order valence-electron chi connectivity index (χ4n) is 2.75. The Labute approximate surface area is 116 Å². The van der Waals surface area contributed by atoms with Crippen molar-refractivity contribution in [2.75, 3.05) is 6.61 Å². The van der Waals surface area contributed by atoms with Crippen LogP contribution in [-0.4, -0.2) is 27.5 Å². The number of carboxylic acid groups (broad SMARTS) is 1. The maximum atomic E-state index is 11.4. The molecule has 0 fully saturated rings. The molecule has 1 aliphatic heterocycles. The SMILES string of the molecule is Cc1nn(C)c(-c2ccc3c(c2)CCCO3)c1C(=O)O. The van der Waals surface area contributed by atoms with Gasteiger partial charge in [0.2, 0.25) is 0 Å². The highest BCUT2D eigenvalue weighted by molar-refractivity contribution is 5.96. The first kappa shape index (κ1) is 12.7. The number of aromatic nitrogens is 2. The molecule has 104 valence electrons. The van der Waals surface area contributed by atoms with E-state index in [-0.39, 0.29) is 5.56 Å². The molecule has 0 radical (unpaired) electrons. The van der Waals surface area contributed by atoms with Gasteiger partial charge in [0.25, 0.3) is 0 Å². The van der Waals surface area contributed by atoms with Gasteiger partial charge in [0.15, 0.2) is 0 Å². The van der Waals surface area contributed by atoms with Crippen LogP contribution in [0.3, 0.4) is 0 Å². The van der Waals surface area contributed by atoms with Crippen molar-refractivity contribution in [1.29, 1.82) is 0 Å². The van der Waals surface area contributed by atoms with Crippen LogP contribution in [0.5, 0.6) is 5.75 Å². The largest absolute Gasteiger partial charge is 0.493 e. The molecular weight excluding hydrogens is 256 g/mol. The van der Waals surface area contributed by atoms with Crippen molar-refractivity contribution in [3.05, 3.63) is 35.0 Å². The number of rotatable bonds is 2. The van der Waals surface area contributed by atoms with Crippen molar-refractivity contribution in [1.82, 2.24) is 9.78 Å². The zero-order valence-corrected chi connectivity index (χ0v) is 11.5. The van der Waals surface area contributed by atoms with E-state index in [0.29, 0.717) is 11.4 Å². The van der Waals surface area contributed by atoms with Crippen LogP contribution in [-0.2, 0) is 13.5 Å². The number of aryl methyl sites for hydroxylation is 3. The Bertz CT molecular complexity index is 689. The predicted molar refractivity (Wildman–Crippen MR) is 74.2 cm³/mol. The lowest BCUT2D eigenvalue weighted by atomic mass is 9.99. The van der Waals surface area contributed by atoms with Crippen LogP contribution in [0.2, 0.25) is 0 Å². The van der Waals surface area contributed by atoms with E-state index < -0.39 is 5.97 Å². The monoisotopic (exact) mass is 272 g/mol. The summed E-state index contributed by atoms with van der Waals surface area (Å²) in [6, 6.07) is 5.82. The number of ether oxygens (including phenoxy) is 1. The molecule has 0 spiro atoms.